The van der Waals surface area contributed by atoms with Gasteiger partial charge in [0.2, 0.25) is 10.0 Å². The molecule has 0 fully saturated rings. The monoisotopic (exact) mass is 301 g/mol. The number of hydrogen-bond acceptors (Lipinski definition) is 4. The van der Waals surface area contributed by atoms with Gasteiger partial charge in [0.25, 0.3) is 0 Å². The minimum absolute atomic E-state index is 0.0892. The Morgan fingerprint density at radius 2 is 2.00 bits per heavy atom. The molecule has 1 aromatic rings. The van der Waals surface area contributed by atoms with Crippen LogP contribution in [0.5, 0.6) is 5.75 Å². The van der Waals surface area contributed by atoms with Crippen molar-refractivity contribution >= 4 is 16.0 Å². The smallest absolute Gasteiger partial charge is 0.303 e. The Labute approximate surface area is 118 Å². The summed E-state index contributed by atoms with van der Waals surface area (Å²) in [7, 11) is -3.70. The molecule has 0 saturated heterocycles. The maximum Gasteiger partial charge on any atom is 0.303 e. The molecule has 0 saturated carbocycles. The number of unbranched alkanes of at least 4 members (excludes halogenated alkanes) is 2. The topological polar surface area (TPSA) is 107 Å². The Hall–Kier alpha value is -1.60. The Morgan fingerprint density at radius 1 is 1.30 bits per heavy atom. The van der Waals surface area contributed by atoms with Crippen molar-refractivity contribution in [2.75, 3.05) is 6.61 Å². The van der Waals surface area contributed by atoms with Crippen molar-refractivity contribution < 1.29 is 23.1 Å². The Kier molecular flexibility index (Phi) is 5.97. The van der Waals surface area contributed by atoms with Gasteiger partial charge in [-0.2, -0.15) is 0 Å². The zero-order valence-corrected chi connectivity index (χ0v) is 12.1. The van der Waals surface area contributed by atoms with Crippen LogP contribution in [-0.4, -0.2) is 26.1 Å². The standard InChI is InChI=1S/C13H19NO5S/c1-10-9-11(6-7-12(10)20(14,17)18)19-8-4-2-3-5-13(15)16/h6-7,9H,2-5,8H2,1H3,(H,15,16)(H2,14,17,18). The molecule has 0 heterocycles. The Bertz CT molecular complexity index is 568. The number of hydrogen-bond donors (Lipinski definition) is 2. The molecule has 112 valence electrons. The number of carbonyl (C=O) groups is 1. The number of carboxylic acid groups (broad SMARTS) is 1. The summed E-state index contributed by atoms with van der Waals surface area (Å²) in [6.45, 7) is 2.12. The number of carboxylic acids is 1. The summed E-state index contributed by atoms with van der Waals surface area (Å²) >= 11 is 0. The van der Waals surface area contributed by atoms with Gasteiger partial charge < -0.3 is 9.84 Å². The predicted octanol–water partition coefficient (Wildman–Crippen LogP) is 1.67. The first kappa shape index (κ1) is 16.5. The lowest BCUT2D eigenvalue weighted by atomic mass is 10.2. The molecule has 0 aliphatic heterocycles. The second kappa shape index (κ2) is 7.25. The van der Waals surface area contributed by atoms with Crippen LogP contribution in [0.4, 0.5) is 0 Å². The molecule has 0 spiro atoms. The largest absolute Gasteiger partial charge is 0.494 e. The SMILES string of the molecule is Cc1cc(OCCCCCC(=O)O)ccc1S(N)(=O)=O. The lowest BCUT2D eigenvalue weighted by Gasteiger charge is -2.09. The van der Waals surface area contributed by atoms with E-state index in [-0.39, 0.29) is 11.3 Å². The van der Waals surface area contributed by atoms with Crippen LogP contribution in [0.25, 0.3) is 0 Å². The van der Waals surface area contributed by atoms with Gasteiger partial charge in [-0.3, -0.25) is 4.79 Å². The van der Waals surface area contributed by atoms with Crippen LogP contribution in [0.1, 0.15) is 31.2 Å². The molecule has 0 atom stereocenters. The third kappa shape index (κ3) is 5.58. The lowest BCUT2D eigenvalue weighted by Crippen LogP contribution is -2.13. The maximum absolute atomic E-state index is 11.2. The molecule has 6 nitrogen and oxygen atoms in total. The number of aliphatic carboxylic acids is 1. The van der Waals surface area contributed by atoms with Crippen LogP contribution >= 0.6 is 0 Å². The van der Waals surface area contributed by atoms with E-state index in [0.717, 1.165) is 12.8 Å². The first-order valence-electron chi connectivity index (χ1n) is 6.29. The quantitative estimate of drug-likeness (QED) is 0.710. The van der Waals surface area contributed by atoms with Gasteiger partial charge in [0.1, 0.15) is 5.75 Å². The fraction of sp³-hybridized carbons (Fsp3) is 0.462. The van der Waals surface area contributed by atoms with Crippen molar-refractivity contribution in [3.63, 3.8) is 0 Å². The lowest BCUT2D eigenvalue weighted by molar-refractivity contribution is -0.137. The zero-order valence-electron chi connectivity index (χ0n) is 11.3. The second-order valence-corrected chi connectivity index (χ2v) is 6.06. The van der Waals surface area contributed by atoms with E-state index in [9.17, 15) is 13.2 Å². The van der Waals surface area contributed by atoms with E-state index in [4.69, 9.17) is 15.0 Å². The number of ether oxygens (including phenoxy) is 1. The van der Waals surface area contributed by atoms with Crippen molar-refractivity contribution in [3.05, 3.63) is 23.8 Å². The van der Waals surface area contributed by atoms with Gasteiger partial charge in [-0.05, 0) is 49.9 Å². The molecule has 1 rings (SSSR count). The van der Waals surface area contributed by atoms with E-state index >= 15 is 0 Å². The summed E-state index contributed by atoms with van der Waals surface area (Å²) < 4.78 is 28.0. The van der Waals surface area contributed by atoms with E-state index in [0.29, 0.717) is 24.3 Å². The normalized spacial score (nSPS) is 11.3. The van der Waals surface area contributed by atoms with Gasteiger partial charge >= 0.3 is 5.97 Å². The number of nitrogens with two attached hydrogens (primary N) is 1. The van der Waals surface area contributed by atoms with Gasteiger partial charge in [0.05, 0.1) is 11.5 Å². The highest BCUT2D eigenvalue weighted by Gasteiger charge is 2.11. The highest BCUT2D eigenvalue weighted by atomic mass is 32.2. The fourth-order valence-corrected chi connectivity index (χ4v) is 2.54. The van der Waals surface area contributed by atoms with Gasteiger partial charge in [-0.25, -0.2) is 13.6 Å². The summed E-state index contributed by atoms with van der Waals surface area (Å²) in [4.78, 5) is 10.4. The maximum atomic E-state index is 11.2. The molecular formula is C13H19NO5S. The number of benzene rings is 1. The molecule has 3 N–H and O–H groups in total. The Balaban J connectivity index is 2.42. The third-order valence-corrected chi connectivity index (χ3v) is 3.83. The van der Waals surface area contributed by atoms with Crippen molar-refractivity contribution in [2.45, 2.75) is 37.5 Å². The second-order valence-electron chi connectivity index (χ2n) is 4.53. The molecule has 0 bridgehead atoms. The van der Waals surface area contributed by atoms with Gasteiger partial charge in [0, 0.05) is 6.42 Å². The predicted molar refractivity (Wildman–Crippen MR) is 74.2 cm³/mol. The number of aryl methyl sites for hydroxylation is 1. The van der Waals surface area contributed by atoms with Crippen molar-refractivity contribution in [3.8, 4) is 5.75 Å². The van der Waals surface area contributed by atoms with Crippen LogP contribution in [0.3, 0.4) is 0 Å². The van der Waals surface area contributed by atoms with Crippen molar-refractivity contribution in [1.29, 1.82) is 0 Å². The minimum Gasteiger partial charge on any atom is -0.494 e. The number of primary sulfonamides is 1. The first-order chi connectivity index (χ1) is 9.30. The van der Waals surface area contributed by atoms with Crippen molar-refractivity contribution in [2.24, 2.45) is 5.14 Å². The highest BCUT2D eigenvalue weighted by Crippen LogP contribution is 2.20. The van der Waals surface area contributed by atoms with E-state index in [1.54, 1.807) is 19.1 Å². The number of rotatable bonds is 8. The van der Waals surface area contributed by atoms with Crippen LogP contribution in [0.15, 0.2) is 23.1 Å². The molecule has 0 aliphatic carbocycles. The molecule has 0 unspecified atom stereocenters. The van der Waals surface area contributed by atoms with E-state index in [1.165, 1.54) is 6.07 Å². The summed E-state index contributed by atoms with van der Waals surface area (Å²) in [5, 5.41) is 13.6. The summed E-state index contributed by atoms with van der Waals surface area (Å²) in [6.07, 6.45) is 2.33. The van der Waals surface area contributed by atoms with Crippen LogP contribution in [-0.2, 0) is 14.8 Å². The summed E-state index contributed by atoms with van der Waals surface area (Å²) in [5.74, 6) is -0.215. The molecule has 0 amide bonds. The fourth-order valence-electron chi connectivity index (χ4n) is 1.78. The molecular weight excluding hydrogens is 282 g/mol. The Morgan fingerprint density at radius 3 is 2.55 bits per heavy atom. The highest BCUT2D eigenvalue weighted by molar-refractivity contribution is 7.89. The van der Waals surface area contributed by atoms with E-state index < -0.39 is 16.0 Å². The molecule has 1 aromatic carbocycles. The van der Waals surface area contributed by atoms with Gasteiger partial charge in [0.15, 0.2) is 0 Å². The van der Waals surface area contributed by atoms with E-state index in [1.807, 2.05) is 0 Å². The summed E-state index contributed by atoms with van der Waals surface area (Å²) in [5.41, 5.74) is 0.538. The van der Waals surface area contributed by atoms with Crippen LogP contribution in [0, 0.1) is 6.92 Å². The third-order valence-electron chi connectivity index (χ3n) is 2.76. The molecule has 0 aliphatic rings. The number of sulfonamides is 1. The van der Waals surface area contributed by atoms with Crippen molar-refractivity contribution in [1.82, 2.24) is 0 Å². The van der Waals surface area contributed by atoms with Crippen LogP contribution in [0.2, 0.25) is 0 Å². The zero-order chi connectivity index (χ0) is 15.2. The van der Waals surface area contributed by atoms with Gasteiger partial charge in [-0.1, -0.05) is 0 Å². The molecule has 0 radical (unpaired) electrons. The molecule has 20 heavy (non-hydrogen) atoms. The van der Waals surface area contributed by atoms with E-state index in [2.05, 4.69) is 0 Å². The van der Waals surface area contributed by atoms with Gasteiger partial charge in [-0.15, -0.1) is 0 Å². The first-order valence-corrected chi connectivity index (χ1v) is 7.83. The average Bonchev–Trinajstić information content (AvgIpc) is 2.31. The average molecular weight is 301 g/mol. The molecule has 7 heteroatoms. The minimum atomic E-state index is -3.70. The van der Waals surface area contributed by atoms with Crippen LogP contribution < -0.4 is 9.88 Å². The summed E-state index contributed by atoms with van der Waals surface area (Å²) in [6, 6.07) is 4.60. The molecule has 0 aromatic heterocycles.